The summed E-state index contributed by atoms with van der Waals surface area (Å²) in [4.78, 5) is 2.12. The molecule has 0 amide bonds. The van der Waals surface area contributed by atoms with Crippen molar-refractivity contribution in [3.8, 4) is 5.88 Å². The predicted octanol–water partition coefficient (Wildman–Crippen LogP) is 0.453. The van der Waals surface area contributed by atoms with Crippen LogP contribution in [0.4, 0.5) is 0 Å². The Bertz CT molecular complexity index is 232. The standard InChI is InChI=1S/C8H15N3O/c1-10(2)6-7-11-5-4-8(9-11)12-3/h4-5H,6-7H2,1-3H3. The highest BCUT2D eigenvalue weighted by Crippen LogP contribution is 2.03. The summed E-state index contributed by atoms with van der Waals surface area (Å²) in [6, 6.07) is 1.86. The molecule has 4 nitrogen and oxygen atoms in total. The van der Waals surface area contributed by atoms with Crippen molar-refractivity contribution in [1.82, 2.24) is 14.7 Å². The quantitative estimate of drug-likeness (QED) is 0.655. The van der Waals surface area contributed by atoms with Crippen molar-refractivity contribution in [2.24, 2.45) is 0 Å². The third kappa shape index (κ3) is 2.54. The Morgan fingerprint density at radius 1 is 1.58 bits per heavy atom. The molecule has 0 N–H and O–H groups in total. The Hall–Kier alpha value is -1.03. The average Bonchev–Trinajstić information content (AvgIpc) is 2.48. The molecule has 0 atom stereocenters. The first-order chi connectivity index (χ1) is 5.72. The summed E-state index contributed by atoms with van der Waals surface area (Å²) >= 11 is 0. The number of nitrogens with zero attached hydrogens (tertiary/aromatic N) is 3. The van der Waals surface area contributed by atoms with E-state index in [1.54, 1.807) is 7.11 Å². The zero-order chi connectivity index (χ0) is 8.97. The second-order valence-electron chi connectivity index (χ2n) is 2.92. The SMILES string of the molecule is COc1ccn(CCN(C)C)n1. The van der Waals surface area contributed by atoms with Crippen molar-refractivity contribution in [2.45, 2.75) is 6.54 Å². The molecule has 1 aromatic rings. The lowest BCUT2D eigenvalue weighted by Crippen LogP contribution is -2.18. The van der Waals surface area contributed by atoms with Gasteiger partial charge in [-0.05, 0) is 14.1 Å². The van der Waals surface area contributed by atoms with E-state index in [2.05, 4.69) is 10.00 Å². The van der Waals surface area contributed by atoms with E-state index in [-0.39, 0.29) is 0 Å². The van der Waals surface area contributed by atoms with Gasteiger partial charge in [0.05, 0.1) is 13.7 Å². The maximum absolute atomic E-state index is 4.96. The monoisotopic (exact) mass is 169 g/mol. The molecule has 68 valence electrons. The molecule has 0 fully saturated rings. The largest absolute Gasteiger partial charge is 0.480 e. The molecule has 1 rings (SSSR count). The van der Waals surface area contributed by atoms with Crippen LogP contribution in [0, 0.1) is 0 Å². The van der Waals surface area contributed by atoms with Gasteiger partial charge in [0.25, 0.3) is 0 Å². The minimum atomic E-state index is 0.675. The predicted molar refractivity (Wildman–Crippen MR) is 47.3 cm³/mol. The van der Waals surface area contributed by atoms with Crippen LogP contribution in [0.5, 0.6) is 5.88 Å². The van der Waals surface area contributed by atoms with Crippen molar-refractivity contribution in [3.63, 3.8) is 0 Å². The van der Waals surface area contributed by atoms with Crippen LogP contribution in [0.2, 0.25) is 0 Å². The fourth-order valence-electron chi connectivity index (χ4n) is 0.879. The molecule has 0 bridgehead atoms. The van der Waals surface area contributed by atoms with Gasteiger partial charge < -0.3 is 9.64 Å². The maximum Gasteiger partial charge on any atom is 0.232 e. The topological polar surface area (TPSA) is 30.3 Å². The van der Waals surface area contributed by atoms with E-state index in [4.69, 9.17) is 4.74 Å². The number of hydrogen-bond acceptors (Lipinski definition) is 3. The zero-order valence-electron chi connectivity index (χ0n) is 7.82. The lowest BCUT2D eigenvalue weighted by molar-refractivity contribution is 0.358. The smallest absolute Gasteiger partial charge is 0.232 e. The lowest BCUT2D eigenvalue weighted by atomic mass is 10.6. The van der Waals surface area contributed by atoms with E-state index in [9.17, 15) is 0 Å². The molecule has 0 saturated carbocycles. The molecule has 0 aliphatic heterocycles. The van der Waals surface area contributed by atoms with Crippen LogP contribution in [0.3, 0.4) is 0 Å². The first kappa shape index (κ1) is 9.06. The Morgan fingerprint density at radius 2 is 2.33 bits per heavy atom. The van der Waals surface area contributed by atoms with Gasteiger partial charge in [-0.15, -0.1) is 5.10 Å². The van der Waals surface area contributed by atoms with E-state index in [1.165, 1.54) is 0 Å². The van der Waals surface area contributed by atoms with Crippen LogP contribution in [0.1, 0.15) is 0 Å². The molecule has 0 aliphatic carbocycles. The molecular weight excluding hydrogens is 154 g/mol. The summed E-state index contributed by atoms with van der Waals surface area (Å²) in [7, 11) is 5.71. The molecule has 1 aromatic heterocycles. The molecule has 1 heterocycles. The Morgan fingerprint density at radius 3 is 2.83 bits per heavy atom. The van der Waals surface area contributed by atoms with Gasteiger partial charge in [-0.1, -0.05) is 0 Å². The van der Waals surface area contributed by atoms with E-state index < -0.39 is 0 Å². The summed E-state index contributed by atoms with van der Waals surface area (Å²) in [5.74, 6) is 0.675. The summed E-state index contributed by atoms with van der Waals surface area (Å²) in [6.45, 7) is 1.89. The van der Waals surface area contributed by atoms with Crippen LogP contribution in [0.15, 0.2) is 12.3 Å². The third-order valence-electron chi connectivity index (χ3n) is 1.60. The van der Waals surface area contributed by atoms with E-state index >= 15 is 0 Å². The third-order valence-corrected chi connectivity index (χ3v) is 1.60. The number of likely N-dealkylation sites (N-methyl/N-ethyl adjacent to an activating group) is 1. The van der Waals surface area contributed by atoms with Gasteiger partial charge >= 0.3 is 0 Å². The lowest BCUT2D eigenvalue weighted by Gasteiger charge is -2.08. The molecule has 0 radical (unpaired) electrons. The summed E-state index contributed by atoms with van der Waals surface area (Å²) in [6.07, 6.45) is 1.92. The maximum atomic E-state index is 4.96. The molecule has 0 spiro atoms. The minimum Gasteiger partial charge on any atom is -0.480 e. The first-order valence-electron chi connectivity index (χ1n) is 3.94. The fourth-order valence-corrected chi connectivity index (χ4v) is 0.879. The van der Waals surface area contributed by atoms with Crippen LogP contribution in [-0.4, -0.2) is 42.4 Å². The van der Waals surface area contributed by atoms with E-state index in [0.29, 0.717) is 5.88 Å². The number of methoxy groups -OCH3 is 1. The average molecular weight is 169 g/mol. The van der Waals surface area contributed by atoms with Crippen LogP contribution in [0.25, 0.3) is 0 Å². The molecular formula is C8H15N3O. The highest BCUT2D eigenvalue weighted by Gasteiger charge is 1.97. The summed E-state index contributed by atoms with van der Waals surface area (Å²) < 4.78 is 6.83. The van der Waals surface area contributed by atoms with Crippen molar-refractivity contribution < 1.29 is 4.74 Å². The molecule has 0 saturated heterocycles. The van der Waals surface area contributed by atoms with E-state index in [0.717, 1.165) is 13.1 Å². The Balaban J connectivity index is 2.41. The zero-order valence-corrected chi connectivity index (χ0v) is 7.82. The molecule has 0 unspecified atom stereocenters. The van der Waals surface area contributed by atoms with Gasteiger partial charge in [-0.2, -0.15) is 0 Å². The number of hydrogen-bond donors (Lipinski definition) is 0. The number of aromatic nitrogens is 2. The Kier molecular flexibility index (Phi) is 3.10. The van der Waals surface area contributed by atoms with Gasteiger partial charge in [0, 0.05) is 18.8 Å². The van der Waals surface area contributed by atoms with Gasteiger partial charge in [0.2, 0.25) is 5.88 Å². The van der Waals surface area contributed by atoms with Gasteiger partial charge in [-0.25, -0.2) is 0 Å². The Labute approximate surface area is 72.7 Å². The van der Waals surface area contributed by atoms with Crippen LogP contribution in [-0.2, 0) is 6.54 Å². The minimum absolute atomic E-state index is 0.675. The molecule has 4 heteroatoms. The second-order valence-corrected chi connectivity index (χ2v) is 2.92. The highest BCUT2D eigenvalue weighted by atomic mass is 16.5. The van der Waals surface area contributed by atoms with Crippen molar-refractivity contribution in [2.75, 3.05) is 27.7 Å². The van der Waals surface area contributed by atoms with Crippen LogP contribution < -0.4 is 4.74 Å². The van der Waals surface area contributed by atoms with E-state index in [1.807, 2.05) is 31.0 Å². The molecule has 0 aliphatic rings. The fraction of sp³-hybridized carbons (Fsp3) is 0.625. The summed E-state index contributed by atoms with van der Waals surface area (Å²) in [5.41, 5.74) is 0. The molecule has 0 aromatic carbocycles. The number of rotatable bonds is 4. The van der Waals surface area contributed by atoms with Gasteiger partial charge in [0.15, 0.2) is 0 Å². The summed E-state index contributed by atoms with van der Waals surface area (Å²) in [5, 5.41) is 4.17. The highest BCUT2D eigenvalue weighted by molar-refractivity contribution is 5.04. The van der Waals surface area contributed by atoms with Crippen LogP contribution >= 0.6 is 0 Å². The van der Waals surface area contributed by atoms with Gasteiger partial charge in [0.1, 0.15) is 0 Å². The molecule has 12 heavy (non-hydrogen) atoms. The second kappa shape index (κ2) is 4.11. The number of ether oxygens (including phenoxy) is 1. The first-order valence-corrected chi connectivity index (χ1v) is 3.94. The van der Waals surface area contributed by atoms with Crippen molar-refractivity contribution >= 4 is 0 Å². The van der Waals surface area contributed by atoms with Crippen molar-refractivity contribution in [1.29, 1.82) is 0 Å². The van der Waals surface area contributed by atoms with Crippen molar-refractivity contribution in [3.05, 3.63) is 12.3 Å². The van der Waals surface area contributed by atoms with Gasteiger partial charge in [-0.3, -0.25) is 4.68 Å². The normalized spacial score (nSPS) is 10.7.